The first-order valence-corrected chi connectivity index (χ1v) is 19.7. The minimum absolute atomic E-state index is 0.0625. The minimum atomic E-state index is -0.679. The van der Waals surface area contributed by atoms with Gasteiger partial charge in [-0.05, 0) is 79.0 Å². The zero-order valence-electron chi connectivity index (χ0n) is 32.2. The van der Waals surface area contributed by atoms with Crippen LogP contribution in [0.5, 0.6) is 0 Å². The number of carbonyl (C=O) groups excluding carboxylic acids is 3. The van der Waals surface area contributed by atoms with Crippen molar-refractivity contribution in [1.82, 2.24) is 45.4 Å². The number of methoxy groups -OCH3 is 1. The zero-order chi connectivity index (χ0) is 38.9. The Hall–Kier alpha value is -5.85. The lowest BCUT2D eigenvalue weighted by Gasteiger charge is -2.30. The van der Waals surface area contributed by atoms with Gasteiger partial charge in [-0.3, -0.25) is 19.6 Å². The van der Waals surface area contributed by atoms with Gasteiger partial charge in [-0.15, -0.1) is 0 Å². The number of fused-ring (bicyclic) bond motifs is 2. The van der Waals surface area contributed by atoms with E-state index in [2.05, 4.69) is 84.1 Å². The Bertz CT molecular complexity index is 2160. The average Bonchev–Trinajstić information content (AvgIpc) is 4.08. The van der Waals surface area contributed by atoms with Crippen LogP contribution in [0.2, 0.25) is 0 Å². The Morgan fingerprint density at radius 1 is 0.768 bits per heavy atom. The fourth-order valence-electron chi connectivity index (χ4n) is 9.16. The van der Waals surface area contributed by atoms with E-state index in [1.165, 1.54) is 7.11 Å². The molecule has 2 bridgehead atoms. The van der Waals surface area contributed by atoms with Crippen LogP contribution in [0, 0.1) is 23.7 Å². The molecular formula is C43H49N9O4. The van der Waals surface area contributed by atoms with Crippen LogP contribution in [0.25, 0.3) is 33.6 Å². The number of H-pyrrole nitrogens is 2. The van der Waals surface area contributed by atoms with Crippen LogP contribution >= 0.6 is 0 Å². The molecule has 2 aliphatic carbocycles. The summed E-state index contributed by atoms with van der Waals surface area (Å²) in [6.07, 6.45) is 13.0. The van der Waals surface area contributed by atoms with Gasteiger partial charge in [0.25, 0.3) is 0 Å². The van der Waals surface area contributed by atoms with Gasteiger partial charge in [-0.1, -0.05) is 62.4 Å². The number of amides is 3. The first-order chi connectivity index (χ1) is 27.2. The number of hydrogen-bond acceptors (Lipinski definition) is 8. The average molecular weight is 756 g/mol. The van der Waals surface area contributed by atoms with Crippen molar-refractivity contribution in [3.8, 4) is 33.6 Å². The molecule has 7 atom stereocenters. The van der Waals surface area contributed by atoms with Gasteiger partial charge in [-0.25, -0.2) is 14.8 Å². The fraction of sp³-hybridized carbons (Fsp3) is 0.419. The number of nitrogens with zero attached hydrogens (tertiary/aromatic N) is 5. The van der Waals surface area contributed by atoms with Crippen molar-refractivity contribution in [2.75, 3.05) is 13.7 Å². The van der Waals surface area contributed by atoms with Gasteiger partial charge < -0.3 is 30.2 Å². The van der Waals surface area contributed by atoms with Crippen LogP contribution in [0.1, 0.15) is 88.2 Å². The summed E-state index contributed by atoms with van der Waals surface area (Å²) in [7, 11) is 1.30. The smallest absolute Gasteiger partial charge is 0.407 e. The Kier molecular flexibility index (Phi) is 10.4. The van der Waals surface area contributed by atoms with Gasteiger partial charge in [-0.2, -0.15) is 0 Å². The summed E-state index contributed by atoms with van der Waals surface area (Å²) < 4.78 is 4.76. The molecule has 5 aromatic rings. The first-order valence-electron chi connectivity index (χ1n) is 19.7. The van der Waals surface area contributed by atoms with E-state index >= 15 is 0 Å². The molecule has 3 aromatic heterocycles. The van der Waals surface area contributed by atoms with E-state index in [1.807, 2.05) is 38.1 Å². The van der Waals surface area contributed by atoms with Crippen molar-refractivity contribution in [2.24, 2.45) is 23.7 Å². The second kappa shape index (κ2) is 15.7. The molecule has 3 amide bonds. The second-order valence-electron chi connectivity index (χ2n) is 15.8. The van der Waals surface area contributed by atoms with Gasteiger partial charge in [0.15, 0.2) is 0 Å². The van der Waals surface area contributed by atoms with Crippen molar-refractivity contribution in [3.05, 3.63) is 96.9 Å². The van der Waals surface area contributed by atoms with Crippen LogP contribution in [0.15, 0.2) is 79.5 Å². The van der Waals surface area contributed by atoms with Gasteiger partial charge in [0.1, 0.15) is 17.7 Å². The summed E-state index contributed by atoms with van der Waals surface area (Å²) >= 11 is 0. The number of likely N-dealkylation sites (tertiary alicyclic amines) is 1. The molecule has 4 heterocycles. The topological polar surface area (TPSA) is 171 Å². The normalized spacial score (nSPS) is 22.6. The van der Waals surface area contributed by atoms with Crippen LogP contribution in [-0.2, 0) is 14.3 Å². The Morgan fingerprint density at radius 3 is 2.02 bits per heavy atom. The lowest BCUT2D eigenvalue weighted by atomic mass is 9.78. The molecule has 1 aliphatic heterocycles. The predicted molar refractivity (Wildman–Crippen MR) is 211 cm³/mol. The summed E-state index contributed by atoms with van der Waals surface area (Å²) in [5, 5.41) is 5.91. The number of aromatic nitrogens is 6. The number of alkyl carbamates (subject to hydrolysis) is 1. The van der Waals surface area contributed by atoms with Crippen molar-refractivity contribution in [2.45, 2.75) is 76.9 Å². The maximum atomic E-state index is 13.7. The van der Waals surface area contributed by atoms with E-state index < -0.39 is 12.1 Å². The van der Waals surface area contributed by atoms with Crippen molar-refractivity contribution >= 4 is 17.9 Å². The molecule has 2 saturated carbocycles. The van der Waals surface area contributed by atoms with Gasteiger partial charge in [0.05, 0.1) is 60.8 Å². The van der Waals surface area contributed by atoms with E-state index in [4.69, 9.17) is 9.72 Å². The summed E-state index contributed by atoms with van der Waals surface area (Å²) in [4.78, 5) is 66.1. The highest BCUT2D eigenvalue weighted by atomic mass is 16.5. The highest BCUT2D eigenvalue weighted by Crippen LogP contribution is 2.56. The standard InChI is InChI=1S/C43H49N9O4/c1-24(2)38(51-43(55)56-4)42(54)52-19-5-6-35(52)39-46-22-33(49-39)28-11-7-26(8-12-28)27-9-13-29(14-10-27)34-23-47-40(50-34)36-30-15-16-31(20-30)37(36)41(53)48-25(3)32-21-44-17-18-45-32/h7-14,17-18,21-25,30-31,35-38H,5-6,15-16,19-20H2,1-4H3,(H,46,49)(H,47,50)(H,48,53)(H,51,55)/t25-,30+,31-,35+,36-,37-,38?/m1/s1. The van der Waals surface area contributed by atoms with Crippen LogP contribution in [0.4, 0.5) is 4.79 Å². The lowest BCUT2D eigenvalue weighted by molar-refractivity contribution is -0.135. The fourth-order valence-corrected chi connectivity index (χ4v) is 9.16. The number of aromatic amines is 2. The SMILES string of the molecule is COC(=O)NC(C(=O)N1CCC[C@H]1c1ncc(-c2ccc(-c3ccc(-c4cnc([C@@H]5[C@H]6CC[C@H](C6)[C@H]5C(=O)N[C@H](C)c5cnccn5)[nH]4)cc3)cc2)[nH]1)C(C)C. The van der Waals surface area contributed by atoms with Crippen molar-refractivity contribution in [1.29, 1.82) is 0 Å². The second-order valence-corrected chi connectivity index (χ2v) is 15.8. The summed E-state index contributed by atoms with van der Waals surface area (Å²) in [5.74, 6) is 2.22. The Morgan fingerprint density at radius 2 is 1.39 bits per heavy atom. The molecule has 1 saturated heterocycles. The highest BCUT2D eigenvalue weighted by molar-refractivity contribution is 5.86. The monoisotopic (exact) mass is 755 g/mol. The molecule has 2 aromatic carbocycles. The third-order valence-electron chi connectivity index (χ3n) is 12.1. The molecule has 3 fully saturated rings. The van der Waals surface area contributed by atoms with Gasteiger partial charge in [0, 0.05) is 24.9 Å². The summed E-state index contributed by atoms with van der Waals surface area (Å²) in [6.45, 7) is 6.37. The number of carbonyl (C=O) groups is 3. The molecule has 0 radical (unpaired) electrons. The third-order valence-corrected chi connectivity index (χ3v) is 12.1. The number of benzene rings is 2. The molecule has 290 valence electrons. The highest BCUT2D eigenvalue weighted by Gasteiger charge is 2.52. The minimum Gasteiger partial charge on any atom is -0.453 e. The number of ether oxygens (including phenoxy) is 1. The zero-order valence-corrected chi connectivity index (χ0v) is 32.2. The molecule has 4 N–H and O–H groups in total. The molecule has 0 spiro atoms. The quantitative estimate of drug-likeness (QED) is 0.112. The van der Waals surface area contributed by atoms with Crippen LogP contribution < -0.4 is 10.6 Å². The van der Waals surface area contributed by atoms with Crippen molar-refractivity contribution in [3.63, 3.8) is 0 Å². The number of rotatable bonds is 11. The van der Waals surface area contributed by atoms with Gasteiger partial charge >= 0.3 is 6.09 Å². The van der Waals surface area contributed by atoms with E-state index in [0.717, 1.165) is 83.1 Å². The summed E-state index contributed by atoms with van der Waals surface area (Å²) in [5.41, 5.74) is 6.77. The maximum Gasteiger partial charge on any atom is 0.407 e. The van der Waals surface area contributed by atoms with Crippen molar-refractivity contribution < 1.29 is 19.1 Å². The maximum absolute atomic E-state index is 13.7. The van der Waals surface area contributed by atoms with E-state index in [0.29, 0.717) is 18.4 Å². The molecular weight excluding hydrogens is 707 g/mol. The summed E-state index contributed by atoms with van der Waals surface area (Å²) in [6, 6.07) is 15.7. The van der Waals surface area contributed by atoms with Crippen LogP contribution in [-0.4, -0.2) is 72.4 Å². The molecule has 1 unspecified atom stereocenters. The number of nitrogens with one attached hydrogen (secondary N) is 4. The van der Waals surface area contributed by atoms with E-state index in [-0.39, 0.29) is 41.7 Å². The van der Waals surface area contributed by atoms with E-state index in [1.54, 1.807) is 18.6 Å². The third kappa shape index (κ3) is 7.29. The first kappa shape index (κ1) is 37.1. The van der Waals surface area contributed by atoms with Gasteiger partial charge in [0.2, 0.25) is 11.8 Å². The largest absolute Gasteiger partial charge is 0.453 e. The number of imidazole rings is 2. The van der Waals surface area contributed by atoms with E-state index in [9.17, 15) is 14.4 Å². The lowest BCUT2D eigenvalue weighted by Crippen LogP contribution is -2.51. The Labute approximate surface area is 326 Å². The molecule has 13 nitrogen and oxygen atoms in total. The Balaban J connectivity index is 0.922. The molecule has 56 heavy (non-hydrogen) atoms. The number of hydrogen-bond donors (Lipinski definition) is 4. The van der Waals surface area contributed by atoms with Crippen LogP contribution in [0.3, 0.4) is 0 Å². The molecule has 13 heteroatoms. The molecule has 3 aliphatic rings. The predicted octanol–water partition coefficient (Wildman–Crippen LogP) is 6.98. The molecule has 8 rings (SSSR count).